The summed E-state index contributed by atoms with van der Waals surface area (Å²) < 4.78 is 39.1. The molecule has 0 aliphatic rings. The van der Waals surface area contributed by atoms with Gasteiger partial charge in [0.15, 0.2) is 5.75 Å². The molecule has 0 amide bonds. The molecule has 0 heterocycles. The Morgan fingerprint density at radius 3 is 1.57 bits per heavy atom. The van der Waals surface area contributed by atoms with Crippen molar-refractivity contribution >= 4 is 29.0 Å². The van der Waals surface area contributed by atoms with Crippen LogP contribution < -0.4 is 14.8 Å². The number of nitrogens with one attached hydrogen (secondary N) is 1. The van der Waals surface area contributed by atoms with Crippen molar-refractivity contribution in [3.8, 4) is 33.8 Å². The van der Waals surface area contributed by atoms with E-state index in [1.54, 1.807) is 6.07 Å². The minimum absolute atomic E-state index is 0. The van der Waals surface area contributed by atoms with Crippen LogP contribution in [0.1, 0.15) is 118 Å². The quantitative estimate of drug-likeness (QED) is 0.0761. The Bertz CT molecular complexity index is 1810. The molecule has 0 radical (unpaired) electrons. The molecule has 4 rings (SSSR count). The number of benzene rings is 4. The maximum absolute atomic E-state index is 8.97. The molecule has 0 bridgehead atoms. The first-order valence-corrected chi connectivity index (χ1v) is 20.9. The van der Waals surface area contributed by atoms with Crippen molar-refractivity contribution in [1.82, 2.24) is 0 Å². The molecule has 0 spiro atoms. The maximum Gasteiger partial charge on any atom is 0.161 e. The summed E-state index contributed by atoms with van der Waals surface area (Å²) in [5.41, 5.74) is 17.0. The predicted molar refractivity (Wildman–Crippen MR) is 224 cm³/mol. The van der Waals surface area contributed by atoms with Crippen molar-refractivity contribution in [2.75, 3.05) is 14.2 Å². The zero-order valence-electron chi connectivity index (χ0n) is 34.1. The third-order valence-corrected chi connectivity index (χ3v) is 12.6. The molecule has 1 N–H and O–H groups in total. The third-order valence-electron chi connectivity index (χ3n) is 8.63. The molecule has 0 saturated heterocycles. The molecule has 0 aromatic heterocycles. The van der Waals surface area contributed by atoms with Gasteiger partial charge in [-0.15, -0.1) is 41.5 Å². The Morgan fingerprint density at radius 1 is 0.736 bits per heavy atom. The van der Waals surface area contributed by atoms with Crippen LogP contribution in [0, 0.1) is 12.3 Å². The van der Waals surface area contributed by atoms with Gasteiger partial charge in [-0.3, -0.25) is 8.42 Å². The van der Waals surface area contributed by atoms with Gasteiger partial charge in [-0.25, -0.2) is 6.26 Å². The van der Waals surface area contributed by atoms with Gasteiger partial charge in [0.2, 0.25) is 0 Å². The van der Waals surface area contributed by atoms with Crippen LogP contribution in [0.3, 0.4) is 0 Å². The van der Waals surface area contributed by atoms with Crippen LogP contribution in [-0.4, -0.2) is 37.5 Å². The van der Waals surface area contributed by atoms with Gasteiger partial charge in [0.05, 0.1) is 30.1 Å². The van der Waals surface area contributed by atoms with Crippen LogP contribution in [0.2, 0.25) is 0 Å². The van der Waals surface area contributed by atoms with E-state index in [9.17, 15) is 0 Å². The van der Waals surface area contributed by atoms with Crippen molar-refractivity contribution in [2.24, 2.45) is 0 Å². The van der Waals surface area contributed by atoms with Crippen LogP contribution in [-0.2, 0) is 30.5 Å². The summed E-state index contributed by atoms with van der Waals surface area (Å²) in [6.07, 6.45) is 2.19. The fraction of sp³-hybridized carbons (Fsp3) is 0.432. The number of methoxy groups -OCH3 is 2. The minimum Gasteiger partial charge on any atom is -0.774 e. The summed E-state index contributed by atoms with van der Waals surface area (Å²) in [4.78, 5) is 0. The fourth-order valence-corrected chi connectivity index (χ4v) is 11.5. The van der Waals surface area contributed by atoms with Gasteiger partial charge in [0.1, 0.15) is 11.1 Å². The molecule has 0 atom stereocenters. The molecule has 6 nitrogen and oxygen atoms in total. The first-order chi connectivity index (χ1) is 23.9. The summed E-state index contributed by atoms with van der Waals surface area (Å²) in [6, 6.07) is 27.5. The van der Waals surface area contributed by atoms with Crippen LogP contribution in [0.15, 0.2) is 72.8 Å². The van der Waals surface area contributed by atoms with Gasteiger partial charge in [0.25, 0.3) is 0 Å². The number of hydrogen-bond acceptors (Lipinski definition) is 5. The van der Waals surface area contributed by atoms with E-state index in [0.717, 1.165) is 22.6 Å². The summed E-state index contributed by atoms with van der Waals surface area (Å²) in [5, 5.41) is 1.63. The van der Waals surface area contributed by atoms with E-state index in [2.05, 4.69) is 120 Å². The number of hydrogen-bond donors (Lipinski definition) is 0. The third kappa shape index (κ3) is 13.8. The van der Waals surface area contributed by atoms with Gasteiger partial charge < -0.3 is 19.8 Å². The van der Waals surface area contributed by atoms with E-state index >= 15 is 0 Å². The van der Waals surface area contributed by atoms with Crippen LogP contribution >= 0.6 is 7.92 Å². The van der Waals surface area contributed by atoms with Crippen LogP contribution in [0.5, 0.6) is 11.5 Å². The minimum atomic E-state index is -4.17. The number of ether oxygens (including phenoxy) is 2. The van der Waals surface area contributed by atoms with Gasteiger partial charge in [-0.2, -0.15) is 5.69 Å². The normalized spacial score (nSPS) is 11.8. The van der Waals surface area contributed by atoms with Crippen molar-refractivity contribution in [2.45, 2.75) is 111 Å². The Kier molecular flexibility index (Phi) is 18.5. The molecule has 0 aliphatic heterocycles. The van der Waals surface area contributed by atoms with Crippen molar-refractivity contribution in [3.63, 3.8) is 0 Å². The Labute approximate surface area is 336 Å². The Balaban J connectivity index is 0.000000603. The van der Waals surface area contributed by atoms with Gasteiger partial charge in [-0.05, 0) is 104 Å². The van der Waals surface area contributed by atoms with Crippen molar-refractivity contribution in [1.29, 1.82) is 0 Å². The molecule has 53 heavy (non-hydrogen) atoms. The zero-order valence-corrected chi connectivity index (χ0v) is 37.5. The SMILES string of the molecule is COc1ccc(OC)c([PH+](C(C)(C)C)C(C)(C)C)c1-c1c(C(C)C)cc(C(C)C)cc1C(C)C.[CH2-]S(=O)(=O)[O-].[NH-]c1ccccc1-c1[c-]cccc1.[Pd]. The molecular weight excluding hydrogens is 792 g/mol. The van der Waals surface area contributed by atoms with Gasteiger partial charge in [-0.1, -0.05) is 77.9 Å². The largest absolute Gasteiger partial charge is 0.774 e. The van der Waals surface area contributed by atoms with E-state index in [4.69, 9.17) is 28.2 Å². The average molecular weight is 853 g/mol. The van der Waals surface area contributed by atoms with E-state index in [1.807, 2.05) is 56.7 Å². The van der Waals surface area contributed by atoms with E-state index in [-0.39, 0.29) is 30.7 Å². The molecular formula is C44H61NO5PPdS-3. The summed E-state index contributed by atoms with van der Waals surface area (Å²) in [6.45, 7) is 28.2. The molecule has 9 heteroatoms. The van der Waals surface area contributed by atoms with Crippen LogP contribution in [0.4, 0.5) is 5.69 Å². The molecule has 0 aliphatic carbocycles. The second-order valence-electron chi connectivity index (χ2n) is 16.0. The molecule has 0 unspecified atom stereocenters. The first-order valence-electron chi connectivity index (χ1n) is 17.8. The van der Waals surface area contributed by atoms with E-state index < -0.39 is 18.0 Å². The predicted octanol–water partition coefficient (Wildman–Crippen LogP) is 12.3. The fourth-order valence-electron chi connectivity index (χ4n) is 6.80. The molecule has 4 aromatic rings. The molecule has 4 aromatic carbocycles. The Morgan fingerprint density at radius 2 is 1.19 bits per heavy atom. The van der Waals surface area contributed by atoms with Crippen molar-refractivity contribution < 1.29 is 42.9 Å². The Hall–Kier alpha value is -2.72. The molecule has 0 saturated carbocycles. The number of rotatable bonds is 8. The first kappa shape index (κ1) is 48.3. The van der Waals surface area contributed by atoms with E-state index in [1.165, 1.54) is 33.1 Å². The van der Waals surface area contributed by atoms with Gasteiger partial charge >= 0.3 is 0 Å². The second kappa shape index (κ2) is 20.3. The topological polar surface area (TPSA) is 99.5 Å². The zero-order chi connectivity index (χ0) is 39.8. The smallest absolute Gasteiger partial charge is 0.161 e. The van der Waals surface area contributed by atoms with Gasteiger partial charge in [0, 0.05) is 28.3 Å². The van der Waals surface area contributed by atoms with E-state index in [0.29, 0.717) is 23.4 Å². The standard InChI is InChI=1S/C31H49O2P.C12H9N.CH3O3S.Pd/c1-19(2)22-17-23(20(3)4)27(24(18-22)21(5)6)28-25(32-13)15-16-26(33-14)29(28)34(30(7,8)9)31(10,11)12;13-12-9-5-4-8-11(12)10-6-2-1-3-7-10;1-5(2,3)4;/h15-21H,1-14H3;1-6,8-9,13H;1H2,(H,2,3,4);/q;-2;-1;. The van der Waals surface area contributed by atoms with Crippen molar-refractivity contribution in [3.05, 3.63) is 108 Å². The monoisotopic (exact) mass is 852 g/mol. The summed E-state index contributed by atoms with van der Waals surface area (Å²) in [7, 11) is -1.66. The average Bonchev–Trinajstić information content (AvgIpc) is 3.02. The summed E-state index contributed by atoms with van der Waals surface area (Å²) >= 11 is 0. The molecule has 296 valence electrons. The molecule has 0 fully saturated rings. The maximum atomic E-state index is 8.97. The summed E-state index contributed by atoms with van der Waals surface area (Å²) in [5.74, 6) is 3.23. The second-order valence-corrected chi connectivity index (χ2v) is 21.4. The van der Waals surface area contributed by atoms with Crippen LogP contribution in [0.25, 0.3) is 28.0 Å².